The predicted molar refractivity (Wildman–Crippen MR) is 87.4 cm³/mol. The minimum atomic E-state index is 0.383. The summed E-state index contributed by atoms with van der Waals surface area (Å²) in [5.41, 5.74) is 4.05. The molecule has 0 aliphatic heterocycles. The third-order valence-electron chi connectivity index (χ3n) is 3.67. The lowest BCUT2D eigenvalue weighted by Gasteiger charge is -2.14. The van der Waals surface area contributed by atoms with E-state index in [1.807, 2.05) is 12.1 Å². The second kappa shape index (κ2) is 7.47. The second-order valence-corrected chi connectivity index (χ2v) is 5.58. The second-order valence-electron chi connectivity index (χ2n) is 5.15. The van der Waals surface area contributed by atoms with Crippen molar-refractivity contribution in [3.05, 3.63) is 70.2 Å². The summed E-state index contributed by atoms with van der Waals surface area (Å²) in [4.78, 5) is 0. The quantitative estimate of drug-likeness (QED) is 0.805. The highest BCUT2D eigenvalue weighted by Gasteiger charge is 2.04. The van der Waals surface area contributed by atoms with Crippen LogP contribution >= 0.6 is 11.6 Å². The summed E-state index contributed by atoms with van der Waals surface area (Å²) in [7, 11) is 0. The third kappa shape index (κ3) is 4.36. The number of halogens is 1. The Kier molecular flexibility index (Phi) is 5.63. The van der Waals surface area contributed by atoms with Crippen LogP contribution in [-0.4, -0.2) is 6.54 Å². The number of nitrogens with one attached hydrogen (secondary N) is 1. The predicted octanol–water partition coefficient (Wildman–Crippen LogP) is 4.80. The van der Waals surface area contributed by atoms with Crippen LogP contribution in [0.5, 0.6) is 0 Å². The van der Waals surface area contributed by atoms with Gasteiger partial charge >= 0.3 is 0 Å². The normalized spacial score (nSPS) is 12.3. The maximum atomic E-state index is 5.89. The molecule has 0 aliphatic rings. The molecule has 2 aromatic carbocycles. The Labute approximate surface area is 127 Å². The lowest BCUT2D eigenvalue weighted by molar-refractivity contribution is 0.577. The molecule has 1 unspecified atom stereocenters. The van der Waals surface area contributed by atoms with Crippen molar-refractivity contribution in [2.24, 2.45) is 0 Å². The van der Waals surface area contributed by atoms with E-state index in [0.29, 0.717) is 6.04 Å². The Morgan fingerprint density at radius 3 is 2.15 bits per heavy atom. The van der Waals surface area contributed by atoms with Gasteiger partial charge in [0.1, 0.15) is 0 Å². The van der Waals surface area contributed by atoms with Gasteiger partial charge in [-0.2, -0.15) is 0 Å². The first kappa shape index (κ1) is 15.1. The first-order valence-corrected chi connectivity index (χ1v) is 7.63. The summed E-state index contributed by atoms with van der Waals surface area (Å²) in [6.45, 7) is 5.37. The standard InChI is InChI=1S/C18H22ClN/c1-3-15-4-8-17(9-5-15)14(2)20-13-12-16-6-10-18(19)11-7-16/h4-11,14,20H,3,12-13H2,1-2H3. The molecule has 2 rings (SSSR count). The Morgan fingerprint density at radius 2 is 1.55 bits per heavy atom. The molecule has 0 amide bonds. The van der Waals surface area contributed by atoms with E-state index < -0.39 is 0 Å². The highest BCUT2D eigenvalue weighted by molar-refractivity contribution is 6.30. The van der Waals surface area contributed by atoms with Gasteiger partial charge in [0.2, 0.25) is 0 Å². The first-order valence-electron chi connectivity index (χ1n) is 7.25. The van der Waals surface area contributed by atoms with Gasteiger partial charge in [-0.05, 0) is 55.1 Å². The van der Waals surface area contributed by atoms with E-state index in [-0.39, 0.29) is 0 Å². The van der Waals surface area contributed by atoms with E-state index >= 15 is 0 Å². The number of aryl methyl sites for hydroxylation is 1. The minimum Gasteiger partial charge on any atom is -0.310 e. The van der Waals surface area contributed by atoms with E-state index in [1.165, 1.54) is 16.7 Å². The fraction of sp³-hybridized carbons (Fsp3) is 0.333. The molecule has 0 fully saturated rings. The van der Waals surface area contributed by atoms with Crippen molar-refractivity contribution >= 4 is 11.6 Å². The molecule has 0 heterocycles. The maximum Gasteiger partial charge on any atom is 0.0406 e. The van der Waals surface area contributed by atoms with Gasteiger partial charge in [-0.3, -0.25) is 0 Å². The number of rotatable bonds is 6. The minimum absolute atomic E-state index is 0.383. The van der Waals surface area contributed by atoms with Gasteiger partial charge < -0.3 is 5.32 Å². The molecule has 0 bridgehead atoms. The molecule has 106 valence electrons. The van der Waals surface area contributed by atoms with Crippen LogP contribution < -0.4 is 5.32 Å². The number of benzene rings is 2. The molecule has 0 spiro atoms. The van der Waals surface area contributed by atoms with E-state index in [2.05, 4.69) is 55.6 Å². The summed E-state index contributed by atoms with van der Waals surface area (Å²) in [5.74, 6) is 0. The van der Waals surface area contributed by atoms with Crippen LogP contribution in [0, 0.1) is 0 Å². The maximum absolute atomic E-state index is 5.89. The van der Waals surface area contributed by atoms with E-state index in [9.17, 15) is 0 Å². The molecule has 2 aromatic rings. The van der Waals surface area contributed by atoms with Crippen LogP contribution in [0.25, 0.3) is 0 Å². The van der Waals surface area contributed by atoms with Gasteiger partial charge in [0.15, 0.2) is 0 Å². The highest BCUT2D eigenvalue weighted by atomic mass is 35.5. The molecule has 20 heavy (non-hydrogen) atoms. The van der Waals surface area contributed by atoms with Crippen LogP contribution in [0.1, 0.15) is 36.6 Å². The average Bonchev–Trinajstić information content (AvgIpc) is 2.49. The zero-order valence-electron chi connectivity index (χ0n) is 12.2. The van der Waals surface area contributed by atoms with E-state index in [1.54, 1.807) is 0 Å². The van der Waals surface area contributed by atoms with Gasteiger partial charge in [-0.1, -0.05) is 54.9 Å². The molecule has 1 atom stereocenters. The molecule has 0 radical (unpaired) electrons. The molecular weight excluding hydrogens is 266 g/mol. The summed E-state index contributed by atoms with van der Waals surface area (Å²) in [6.07, 6.45) is 2.12. The van der Waals surface area contributed by atoms with Gasteiger partial charge in [0.05, 0.1) is 0 Å². The zero-order valence-corrected chi connectivity index (χ0v) is 13.0. The van der Waals surface area contributed by atoms with Crippen molar-refractivity contribution in [2.75, 3.05) is 6.54 Å². The lowest BCUT2D eigenvalue weighted by Crippen LogP contribution is -2.21. The molecular formula is C18H22ClN. The van der Waals surface area contributed by atoms with Crippen molar-refractivity contribution in [3.63, 3.8) is 0 Å². The molecule has 1 N–H and O–H groups in total. The molecule has 2 heteroatoms. The van der Waals surface area contributed by atoms with Crippen molar-refractivity contribution < 1.29 is 0 Å². The van der Waals surface area contributed by atoms with Crippen molar-refractivity contribution in [1.82, 2.24) is 5.32 Å². The van der Waals surface area contributed by atoms with Crippen LogP contribution in [0.2, 0.25) is 5.02 Å². The van der Waals surface area contributed by atoms with Crippen molar-refractivity contribution in [2.45, 2.75) is 32.7 Å². The number of hydrogen-bond donors (Lipinski definition) is 1. The van der Waals surface area contributed by atoms with Gasteiger partial charge in [0.25, 0.3) is 0 Å². The van der Waals surface area contributed by atoms with Crippen LogP contribution in [0.15, 0.2) is 48.5 Å². The van der Waals surface area contributed by atoms with Gasteiger partial charge in [-0.25, -0.2) is 0 Å². The fourth-order valence-corrected chi connectivity index (χ4v) is 2.37. The summed E-state index contributed by atoms with van der Waals surface area (Å²) in [5, 5.41) is 4.36. The Hall–Kier alpha value is -1.31. The zero-order chi connectivity index (χ0) is 14.4. The number of hydrogen-bond acceptors (Lipinski definition) is 1. The Bertz CT molecular complexity index is 516. The Balaban J connectivity index is 1.82. The van der Waals surface area contributed by atoms with E-state index in [0.717, 1.165) is 24.4 Å². The largest absolute Gasteiger partial charge is 0.310 e. The van der Waals surface area contributed by atoms with Crippen LogP contribution in [0.3, 0.4) is 0 Å². The SMILES string of the molecule is CCc1ccc(C(C)NCCc2ccc(Cl)cc2)cc1. The third-order valence-corrected chi connectivity index (χ3v) is 3.92. The van der Waals surface area contributed by atoms with Crippen LogP contribution in [0.4, 0.5) is 0 Å². The summed E-state index contributed by atoms with van der Waals surface area (Å²) < 4.78 is 0. The highest BCUT2D eigenvalue weighted by Crippen LogP contribution is 2.14. The molecule has 1 nitrogen and oxygen atoms in total. The topological polar surface area (TPSA) is 12.0 Å². The molecule has 0 saturated carbocycles. The van der Waals surface area contributed by atoms with Gasteiger partial charge in [0, 0.05) is 11.1 Å². The lowest BCUT2D eigenvalue weighted by atomic mass is 10.0. The fourth-order valence-electron chi connectivity index (χ4n) is 2.24. The van der Waals surface area contributed by atoms with Crippen molar-refractivity contribution in [3.8, 4) is 0 Å². The molecule has 0 saturated heterocycles. The van der Waals surface area contributed by atoms with E-state index in [4.69, 9.17) is 11.6 Å². The average molecular weight is 288 g/mol. The van der Waals surface area contributed by atoms with Gasteiger partial charge in [-0.15, -0.1) is 0 Å². The summed E-state index contributed by atoms with van der Waals surface area (Å²) >= 11 is 5.89. The molecule has 0 aliphatic carbocycles. The van der Waals surface area contributed by atoms with Crippen LogP contribution in [-0.2, 0) is 12.8 Å². The Morgan fingerprint density at radius 1 is 0.950 bits per heavy atom. The smallest absolute Gasteiger partial charge is 0.0406 e. The monoisotopic (exact) mass is 287 g/mol. The molecule has 0 aromatic heterocycles. The summed E-state index contributed by atoms with van der Waals surface area (Å²) in [6, 6.07) is 17.3. The first-order chi connectivity index (χ1) is 9.69. The van der Waals surface area contributed by atoms with Crippen molar-refractivity contribution in [1.29, 1.82) is 0 Å².